The first kappa shape index (κ1) is 15.8. The van der Waals surface area contributed by atoms with Gasteiger partial charge in [-0.25, -0.2) is 4.79 Å². The number of aromatic carboxylic acids is 1. The Morgan fingerprint density at radius 2 is 1.86 bits per heavy atom. The molecule has 0 amide bonds. The smallest absolute Gasteiger partial charge is 0.352 e. The largest absolute Gasteiger partial charge is 0.495 e. The number of Topliss-reactive ketones (excluding diaryl/α,β-unsaturated/α-hetero) is 1. The molecule has 110 valence electrons. The fourth-order valence-electron chi connectivity index (χ4n) is 1.88. The Balaban J connectivity index is 2.71. The highest BCUT2D eigenvalue weighted by atomic mass is 79.9. The molecular weight excluding hydrogens is 406 g/mol. The van der Waals surface area contributed by atoms with Gasteiger partial charge in [0.15, 0.2) is 5.78 Å². The van der Waals surface area contributed by atoms with E-state index in [-0.39, 0.29) is 11.5 Å². The molecule has 0 fully saturated rings. The van der Waals surface area contributed by atoms with Gasteiger partial charge < -0.3 is 14.4 Å². The number of carbonyl (C=O) groups excluding carboxylic acids is 1. The van der Waals surface area contributed by atoms with Crippen LogP contribution in [0.2, 0.25) is 0 Å². The van der Waals surface area contributed by atoms with Gasteiger partial charge in [0.1, 0.15) is 11.4 Å². The number of carboxylic acid groups (broad SMARTS) is 1. The van der Waals surface area contributed by atoms with E-state index >= 15 is 0 Å². The maximum atomic E-state index is 11.5. The Morgan fingerprint density at radius 1 is 1.19 bits per heavy atom. The van der Waals surface area contributed by atoms with Gasteiger partial charge in [-0.1, -0.05) is 0 Å². The molecule has 0 aliphatic rings. The highest BCUT2D eigenvalue weighted by Crippen LogP contribution is 2.34. The molecule has 0 atom stereocenters. The number of rotatable bonds is 4. The zero-order valence-electron chi connectivity index (χ0n) is 11.2. The van der Waals surface area contributed by atoms with Gasteiger partial charge in [0, 0.05) is 22.3 Å². The molecule has 0 bridgehead atoms. The number of halogens is 2. The third-order valence-electron chi connectivity index (χ3n) is 2.93. The second-order valence-electron chi connectivity index (χ2n) is 4.28. The van der Waals surface area contributed by atoms with E-state index in [4.69, 9.17) is 4.74 Å². The molecule has 0 radical (unpaired) electrons. The van der Waals surface area contributed by atoms with Crippen molar-refractivity contribution in [2.45, 2.75) is 6.92 Å². The van der Waals surface area contributed by atoms with Gasteiger partial charge in [-0.05, 0) is 50.9 Å². The van der Waals surface area contributed by atoms with Crippen LogP contribution in [0.3, 0.4) is 0 Å². The zero-order chi connectivity index (χ0) is 15.7. The van der Waals surface area contributed by atoms with Crippen molar-refractivity contribution in [2.75, 3.05) is 7.11 Å². The molecule has 0 saturated heterocycles. The summed E-state index contributed by atoms with van der Waals surface area (Å²) < 4.78 is 8.07. The van der Waals surface area contributed by atoms with Gasteiger partial charge in [0.25, 0.3) is 0 Å². The lowest BCUT2D eigenvalue weighted by Gasteiger charge is -2.12. The number of ketones is 1. The minimum atomic E-state index is -1.11. The van der Waals surface area contributed by atoms with E-state index in [1.165, 1.54) is 30.9 Å². The maximum Gasteiger partial charge on any atom is 0.352 e. The summed E-state index contributed by atoms with van der Waals surface area (Å²) in [5.41, 5.74) is 0.909. The van der Waals surface area contributed by atoms with Crippen LogP contribution in [-0.4, -0.2) is 28.5 Å². The Bertz CT molecular complexity index is 737. The Morgan fingerprint density at radius 3 is 2.38 bits per heavy atom. The number of aromatic nitrogens is 1. The molecule has 0 saturated carbocycles. The molecule has 5 nitrogen and oxygen atoms in total. The van der Waals surface area contributed by atoms with Crippen LogP contribution in [0.4, 0.5) is 0 Å². The molecule has 1 aromatic heterocycles. The summed E-state index contributed by atoms with van der Waals surface area (Å²) in [6, 6.07) is 4.80. The van der Waals surface area contributed by atoms with Crippen molar-refractivity contribution in [1.29, 1.82) is 0 Å². The summed E-state index contributed by atoms with van der Waals surface area (Å²) >= 11 is 6.75. The van der Waals surface area contributed by atoms with Gasteiger partial charge in [-0.3, -0.25) is 4.79 Å². The summed E-state index contributed by atoms with van der Waals surface area (Å²) in [7, 11) is 1.52. The summed E-state index contributed by atoms with van der Waals surface area (Å²) in [4.78, 5) is 22.9. The number of carboxylic acids is 1. The normalized spacial score (nSPS) is 10.5. The Hall–Kier alpha value is -1.60. The molecular formula is C14H11Br2NO4. The van der Waals surface area contributed by atoms with Crippen molar-refractivity contribution in [1.82, 2.24) is 4.57 Å². The number of hydrogen-bond acceptors (Lipinski definition) is 3. The van der Waals surface area contributed by atoms with Crippen molar-refractivity contribution in [3.05, 3.63) is 44.6 Å². The van der Waals surface area contributed by atoms with Gasteiger partial charge in [-0.2, -0.15) is 0 Å². The van der Waals surface area contributed by atoms with E-state index in [0.29, 0.717) is 21.5 Å². The number of benzene rings is 1. The number of hydrogen-bond donors (Lipinski definition) is 1. The van der Waals surface area contributed by atoms with Crippen LogP contribution in [0.1, 0.15) is 27.8 Å². The van der Waals surface area contributed by atoms with Crippen LogP contribution in [0.15, 0.2) is 33.3 Å². The third-order valence-corrected chi connectivity index (χ3v) is 4.18. The molecule has 2 rings (SSSR count). The molecule has 0 aliphatic carbocycles. The van der Waals surface area contributed by atoms with E-state index in [0.717, 1.165) is 4.47 Å². The molecule has 7 heteroatoms. The van der Waals surface area contributed by atoms with E-state index in [9.17, 15) is 14.7 Å². The number of nitrogens with zero attached hydrogens (tertiary/aromatic N) is 1. The fraction of sp³-hybridized carbons (Fsp3) is 0.143. The molecule has 1 aromatic carbocycles. The molecule has 1 N–H and O–H groups in total. The van der Waals surface area contributed by atoms with Crippen LogP contribution in [0.25, 0.3) is 5.69 Å². The highest BCUT2D eigenvalue weighted by Gasteiger charge is 2.18. The van der Waals surface area contributed by atoms with Crippen molar-refractivity contribution < 1.29 is 19.4 Å². The van der Waals surface area contributed by atoms with Crippen LogP contribution in [-0.2, 0) is 0 Å². The summed E-state index contributed by atoms with van der Waals surface area (Å²) in [5, 5.41) is 9.31. The lowest BCUT2D eigenvalue weighted by molar-refractivity contribution is 0.0688. The van der Waals surface area contributed by atoms with Gasteiger partial charge in [0.05, 0.1) is 17.3 Å². The molecule has 0 aliphatic heterocycles. The second kappa shape index (κ2) is 6.03. The van der Waals surface area contributed by atoms with E-state index in [1.807, 2.05) is 0 Å². The van der Waals surface area contributed by atoms with E-state index in [1.54, 1.807) is 12.1 Å². The molecule has 0 unspecified atom stereocenters. The average Bonchev–Trinajstić information content (AvgIpc) is 2.84. The monoisotopic (exact) mass is 415 g/mol. The number of ether oxygens (including phenoxy) is 1. The van der Waals surface area contributed by atoms with Crippen molar-refractivity contribution in [2.24, 2.45) is 0 Å². The Kier molecular flexibility index (Phi) is 4.53. The molecule has 1 heterocycles. The van der Waals surface area contributed by atoms with Crippen LogP contribution >= 0.6 is 31.9 Å². The zero-order valence-corrected chi connectivity index (χ0v) is 14.4. The topological polar surface area (TPSA) is 68.5 Å². The fourth-order valence-corrected chi connectivity index (χ4v) is 3.23. The van der Waals surface area contributed by atoms with Crippen molar-refractivity contribution in [3.8, 4) is 11.4 Å². The first-order valence-electron chi connectivity index (χ1n) is 5.85. The molecule has 2 aromatic rings. The van der Waals surface area contributed by atoms with Gasteiger partial charge >= 0.3 is 5.97 Å². The molecule has 21 heavy (non-hydrogen) atoms. The minimum Gasteiger partial charge on any atom is -0.495 e. The summed E-state index contributed by atoms with van der Waals surface area (Å²) in [6.45, 7) is 1.39. The highest BCUT2D eigenvalue weighted by molar-refractivity contribution is 9.11. The van der Waals surface area contributed by atoms with Crippen LogP contribution < -0.4 is 4.74 Å². The first-order valence-corrected chi connectivity index (χ1v) is 7.43. The lowest BCUT2D eigenvalue weighted by atomic mass is 10.2. The summed E-state index contributed by atoms with van der Waals surface area (Å²) in [5.74, 6) is -0.754. The first-order chi connectivity index (χ1) is 9.85. The number of methoxy groups -OCH3 is 1. The van der Waals surface area contributed by atoms with Gasteiger partial charge in [0.2, 0.25) is 0 Å². The molecule has 0 spiro atoms. The van der Waals surface area contributed by atoms with E-state index in [2.05, 4.69) is 31.9 Å². The Labute approximate surface area is 137 Å². The predicted molar refractivity (Wildman–Crippen MR) is 84.7 cm³/mol. The number of carbonyl (C=O) groups is 2. The lowest BCUT2D eigenvalue weighted by Crippen LogP contribution is -2.06. The van der Waals surface area contributed by atoms with Crippen LogP contribution in [0, 0.1) is 0 Å². The third kappa shape index (κ3) is 3.03. The predicted octanol–water partition coefficient (Wildman–Crippen LogP) is 3.91. The standard InChI is InChI=1S/C14H11Br2NO4/c1-7(18)8-3-12(14(19)20)17(6-8)11-5-13(21-2)10(16)4-9(11)15/h3-6H,1-2H3,(H,19,20). The quantitative estimate of drug-likeness (QED) is 0.767. The SMILES string of the molecule is COc1cc(-n2cc(C(C)=O)cc2C(=O)O)c(Br)cc1Br. The summed E-state index contributed by atoms with van der Waals surface area (Å²) in [6.07, 6.45) is 1.50. The van der Waals surface area contributed by atoms with E-state index < -0.39 is 5.97 Å². The average molecular weight is 417 g/mol. The van der Waals surface area contributed by atoms with Crippen molar-refractivity contribution in [3.63, 3.8) is 0 Å². The minimum absolute atomic E-state index is 0.00488. The van der Waals surface area contributed by atoms with Crippen molar-refractivity contribution >= 4 is 43.6 Å². The van der Waals surface area contributed by atoms with Crippen LogP contribution in [0.5, 0.6) is 5.75 Å². The second-order valence-corrected chi connectivity index (χ2v) is 5.99. The van der Waals surface area contributed by atoms with Gasteiger partial charge in [-0.15, -0.1) is 0 Å². The maximum absolute atomic E-state index is 11.5.